The number of hydrogen-bond donors (Lipinski definition) is 2. The maximum absolute atomic E-state index is 11.9. The van der Waals surface area contributed by atoms with Crippen LogP contribution in [0, 0.1) is 5.41 Å². The molecule has 1 saturated carbocycles. The van der Waals surface area contributed by atoms with Crippen LogP contribution in [0.3, 0.4) is 0 Å². The van der Waals surface area contributed by atoms with Crippen molar-refractivity contribution in [1.29, 1.82) is 0 Å². The van der Waals surface area contributed by atoms with Gasteiger partial charge in [-0.2, -0.15) is 0 Å². The van der Waals surface area contributed by atoms with E-state index >= 15 is 0 Å². The molecule has 0 aromatic heterocycles. The average Bonchev–Trinajstić information content (AvgIpc) is 2.72. The second-order valence-electron chi connectivity index (χ2n) is 5.51. The third-order valence-electron chi connectivity index (χ3n) is 4.03. The number of carboxylic acid groups (broad SMARTS) is 1. The van der Waals surface area contributed by atoms with E-state index in [0.29, 0.717) is 19.5 Å². The monoisotopic (exact) mass is 240 g/mol. The topological polar surface area (TPSA) is 69.6 Å². The maximum Gasteiger partial charge on any atom is 0.326 e. The van der Waals surface area contributed by atoms with Crippen LogP contribution >= 0.6 is 0 Å². The van der Waals surface area contributed by atoms with E-state index in [-0.39, 0.29) is 11.4 Å². The van der Waals surface area contributed by atoms with Crippen molar-refractivity contribution in [1.82, 2.24) is 10.2 Å². The van der Waals surface area contributed by atoms with Gasteiger partial charge < -0.3 is 15.3 Å². The zero-order valence-electron chi connectivity index (χ0n) is 10.2. The summed E-state index contributed by atoms with van der Waals surface area (Å²) < 4.78 is 0. The number of amides is 2. The Hall–Kier alpha value is -1.26. The van der Waals surface area contributed by atoms with Crippen LogP contribution in [0.2, 0.25) is 0 Å². The fourth-order valence-corrected chi connectivity index (χ4v) is 2.61. The number of hydrogen-bond acceptors (Lipinski definition) is 2. The Balaban J connectivity index is 1.84. The summed E-state index contributed by atoms with van der Waals surface area (Å²) in [4.78, 5) is 24.3. The summed E-state index contributed by atoms with van der Waals surface area (Å²) in [6, 6.07) is -0.854. The lowest BCUT2D eigenvalue weighted by Crippen LogP contribution is -2.49. The molecular formula is C12H20N2O3. The molecule has 0 radical (unpaired) electrons. The van der Waals surface area contributed by atoms with E-state index in [1.165, 1.54) is 11.3 Å². The molecule has 0 bridgehead atoms. The van der Waals surface area contributed by atoms with Gasteiger partial charge in [-0.05, 0) is 31.1 Å². The van der Waals surface area contributed by atoms with Crippen molar-refractivity contribution < 1.29 is 14.7 Å². The molecule has 1 aliphatic carbocycles. The molecule has 2 aliphatic rings. The van der Waals surface area contributed by atoms with Crippen molar-refractivity contribution >= 4 is 12.0 Å². The standard InChI is InChI=1S/C12H20N2O3/c1-12(5-3-6-12)8-13-11(17)14-7-2-4-9(14)10(15)16/h9H,2-8H2,1H3,(H,13,17)(H,15,16). The number of urea groups is 1. The van der Waals surface area contributed by atoms with E-state index in [0.717, 1.165) is 19.3 Å². The van der Waals surface area contributed by atoms with Crippen molar-refractivity contribution in [3.63, 3.8) is 0 Å². The summed E-state index contributed by atoms with van der Waals surface area (Å²) in [5, 5.41) is 11.9. The first-order valence-electron chi connectivity index (χ1n) is 6.29. The van der Waals surface area contributed by atoms with Gasteiger partial charge in [0.1, 0.15) is 6.04 Å². The van der Waals surface area contributed by atoms with E-state index in [2.05, 4.69) is 12.2 Å². The molecule has 1 unspecified atom stereocenters. The first kappa shape index (κ1) is 12.2. The summed E-state index contributed by atoms with van der Waals surface area (Å²) >= 11 is 0. The van der Waals surface area contributed by atoms with Gasteiger partial charge >= 0.3 is 12.0 Å². The Morgan fingerprint density at radius 1 is 1.41 bits per heavy atom. The predicted molar refractivity (Wildman–Crippen MR) is 62.7 cm³/mol. The van der Waals surface area contributed by atoms with Crippen LogP contribution in [0.4, 0.5) is 4.79 Å². The van der Waals surface area contributed by atoms with Crippen molar-refractivity contribution in [2.45, 2.75) is 45.1 Å². The van der Waals surface area contributed by atoms with Crippen molar-refractivity contribution in [2.24, 2.45) is 5.41 Å². The fourth-order valence-electron chi connectivity index (χ4n) is 2.61. The van der Waals surface area contributed by atoms with Gasteiger partial charge in [-0.3, -0.25) is 0 Å². The Labute approximate surface area is 101 Å². The molecule has 1 heterocycles. The van der Waals surface area contributed by atoms with Gasteiger partial charge in [0.2, 0.25) is 0 Å². The number of carboxylic acids is 1. The van der Waals surface area contributed by atoms with Crippen LogP contribution in [0.15, 0.2) is 0 Å². The highest BCUT2D eigenvalue weighted by Gasteiger charge is 2.36. The largest absolute Gasteiger partial charge is 0.480 e. The predicted octanol–water partition coefficient (Wildman–Crippen LogP) is 1.44. The van der Waals surface area contributed by atoms with Crippen LogP contribution in [-0.4, -0.2) is 41.1 Å². The molecule has 96 valence electrons. The van der Waals surface area contributed by atoms with Crippen molar-refractivity contribution in [3.8, 4) is 0 Å². The molecule has 2 fully saturated rings. The maximum atomic E-state index is 11.9. The Kier molecular flexibility index (Phi) is 3.26. The van der Waals surface area contributed by atoms with E-state index in [1.54, 1.807) is 0 Å². The quantitative estimate of drug-likeness (QED) is 0.784. The lowest BCUT2D eigenvalue weighted by Gasteiger charge is -2.39. The molecule has 1 atom stereocenters. The van der Waals surface area contributed by atoms with Gasteiger partial charge in [-0.15, -0.1) is 0 Å². The van der Waals surface area contributed by atoms with Crippen LogP contribution < -0.4 is 5.32 Å². The van der Waals surface area contributed by atoms with E-state index in [1.807, 2.05) is 0 Å². The van der Waals surface area contributed by atoms with Crippen molar-refractivity contribution in [2.75, 3.05) is 13.1 Å². The minimum Gasteiger partial charge on any atom is -0.480 e. The second kappa shape index (κ2) is 4.55. The smallest absolute Gasteiger partial charge is 0.326 e. The van der Waals surface area contributed by atoms with E-state index in [4.69, 9.17) is 5.11 Å². The minimum absolute atomic E-state index is 0.219. The second-order valence-corrected chi connectivity index (χ2v) is 5.51. The fraction of sp³-hybridized carbons (Fsp3) is 0.833. The number of carbonyl (C=O) groups is 2. The van der Waals surface area contributed by atoms with Gasteiger partial charge in [0.15, 0.2) is 0 Å². The number of likely N-dealkylation sites (tertiary alicyclic amines) is 1. The summed E-state index contributed by atoms with van der Waals surface area (Å²) in [6.45, 7) is 3.38. The Bertz CT molecular complexity index is 326. The zero-order chi connectivity index (χ0) is 12.5. The molecule has 5 nitrogen and oxygen atoms in total. The number of nitrogens with one attached hydrogen (secondary N) is 1. The Morgan fingerprint density at radius 3 is 2.65 bits per heavy atom. The van der Waals surface area contributed by atoms with E-state index in [9.17, 15) is 9.59 Å². The summed E-state index contributed by atoms with van der Waals surface area (Å²) in [5.74, 6) is -0.896. The summed E-state index contributed by atoms with van der Waals surface area (Å²) in [7, 11) is 0. The van der Waals surface area contributed by atoms with Gasteiger partial charge in [-0.1, -0.05) is 13.3 Å². The molecule has 2 N–H and O–H groups in total. The lowest BCUT2D eigenvalue weighted by atomic mass is 9.70. The molecule has 2 rings (SSSR count). The Morgan fingerprint density at radius 2 is 2.12 bits per heavy atom. The minimum atomic E-state index is -0.896. The number of aliphatic carboxylic acids is 1. The molecule has 0 aromatic carbocycles. The van der Waals surface area contributed by atoms with Gasteiger partial charge in [0.25, 0.3) is 0 Å². The zero-order valence-corrected chi connectivity index (χ0v) is 10.2. The highest BCUT2D eigenvalue weighted by atomic mass is 16.4. The highest BCUT2D eigenvalue weighted by molar-refractivity contribution is 5.83. The van der Waals surface area contributed by atoms with Gasteiger partial charge in [0.05, 0.1) is 0 Å². The third-order valence-corrected chi connectivity index (χ3v) is 4.03. The molecular weight excluding hydrogens is 220 g/mol. The van der Waals surface area contributed by atoms with E-state index < -0.39 is 12.0 Å². The molecule has 17 heavy (non-hydrogen) atoms. The first-order chi connectivity index (χ1) is 8.02. The molecule has 2 amide bonds. The van der Waals surface area contributed by atoms with Crippen LogP contribution in [0.25, 0.3) is 0 Å². The SMILES string of the molecule is CC1(CNC(=O)N2CCCC2C(=O)O)CCC1. The summed E-state index contributed by atoms with van der Waals surface area (Å²) in [5.41, 5.74) is 0.230. The molecule has 5 heteroatoms. The third kappa shape index (κ3) is 2.53. The molecule has 0 aromatic rings. The van der Waals surface area contributed by atoms with Crippen molar-refractivity contribution in [3.05, 3.63) is 0 Å². The number of rotatable bonds is 3. The highest BCUT2D eigenvalue weighted by Crippen LogP contribution is 2.39. The average molecular weight is 240 g/mol. The van der Waals surface area contributed by atoms with Crippen LogP contribution in [0.1, 0.15) is 39.0 Å². The van der Waals surface area contributed by atoms with Gasteiger partial charge in [-0.25, -0.2) is 9.59 Å². The number of nitrogens with zero attached hydrogens (tertiary/aromatic N) is 1. The first-order valence-corrected chi connectivity index (χ1v) is 6.29. The molecule has 0 spiro atoms. The summed E-state index contributed by atoms with van der Waals surface area (Å²) in [6.07, 6.45) is 4.88. The van der Waals surface area contributed by atoms with Crippen LogP contribution in [-0.2, 0) is 4.79 Å². The molecule has 1 aliphatic heterocycles. The lowest BCUT2D eigenvalue weighted by molar-refractivity contribution is -0.141. The number of carbonyl (C=O) groups excluding carboxylic acids is 1. The van der Waals surface area contributed by atoms with Gasteiger partial charge in [0, 0.05) is 13.1 Å². The van der Waals surface area contributed by atoms with Crippen LogP contribution in [0.5, 0.6) is 0 Å². The molecule has 1 saturated heterocycles. The normalized spacial score (nSPS) is 26.4.